The van der Waals surface area contributed by atoms with Crippen LogP contribution in [0, 0.1) is 11.7 Å². The molecule has 126 valence electrons. The quantitative estimate of drug-likeness (QED) is 0.785. The number of hydrogen-bond donors (Lipinski definition) is 0. The van der Waals surface area contributed by atoms with Gasteiger partial charge in [0.25, 0.3) is 0 Å². The van der Waals surface area contributed by atoms with Crippen LogP contribution in [0.1, 0.15) is 17.9 Å². The Morgan fingerprint density at radius 3 is 2.88 bits per heavy atom. The lowest BCUT2D eigenvalue weighted by Gasteiger charge is -2.22. The molecule has 1 aliphatic carbocycles. The number of hydrogen-bond acceptors (Lipinski definition) is 4. The van der Waals surface area contributed by atoms with Crippen molar-refractivity contribution < 1.29 is 18.7 Å². The van der Waals surface area contributed by atoms with Gasteiger partial charge < -0.3 is 9.64 Å². The second kappa shape index (κ2) is 6.43. The van der Waals surface area contributed by atoms with Crippen LogP contribution < -0.4 is 4.90 Å². The molecular weight excluding hydrogens is 313 g/mol. The van der Waals surface area contributed by atoms with Gasteiger partial charge in [-0.05, 0) is 36.1 Å². The first-order valence-electron chi connectivity index (χ1n) is 7.62. The van der Waals surface area contributed by atoms with E-state index in [9.17, 15) is 14.0 Å². The van der Waals surface area contributed by atoms with Crippen LogP contribution >= 0.6 is 0 Å². The summed E-state index contributed by atoms with van der Waals surface area (Å²) in [5.74, 6) is -1.37. The molecule has 7 heteroatoms. The highest BCUT2D eigenvalue weighted by Gasteiger charge is 2.47. The fourth-order valence-electron chi connectivity index (χ4n) is 2.80. The minimum absolute atomic E-state index is 0.0832. The van der Waals surface area contributed by atoms with E-state index in [2.05, 4.69) is 9.84 Å². The maximum absolute atomic E-state index is 13.5. The molecular formula is C17H18FN3O3. The van der Waals surface area contributed by atoms with Gasteiger partial charge in [-0.25, -0.2) is 4.39 Å². The minimum atomic E-state index is -0.550. The number of aryl methyl sites for hydroxylation is 1. The molecule has 0 saturated heterocycles. The maximum atomic E-state index is 13.5. The van der Waals surface area contributed by atoms with E-state index >= 15 is 0 Å². The predicted molar refractivity (Wildman–Crippen MR) is 84.8 cm³/mol. The lowest BCUT2D eigenvalue weighted by atomic mass is 10.1. The number of halogens is 1. The van der Waals surface area contributed by atoms with Crippen LogP contribution in [-0.4, -0.2) is 35.3 Å². The first kappa shape index (κ1) is 16.2. The molecule has 1 aromatic heterocycles. The highest BCUT2D eigenvalue weighted by molar-refractivity contribution is 6.00. The minimum Gasteiger partial charge on any atom is -0.468 e. The molecule has 24 heavy (non-hydrogen) atoms. The summed E-state index contributed by atoms with van der Waals surface area (Å²) in [6.07, 6.45) is 4.31. The van der Waals surface area contributed by atoms with Gasteiger partial charge in [0.1, 0.15) is 12.4 Å². The Kier molecular flexibility index (Phi) is 4.33. The number of carbonyl (C=O) groups is 2. The van der Waals surface area contributed by atoms with Crippen LogP contribution in [0.25, 0.3) is 0 Å². The molecule has 0 unspecified atom stereocenters. The van der Waals surface area contributed by atoms with Crippen molar-refractivity contribution in [1.29, 1.82) is 0 Å². The summed E-state index contributed by atoms with van der Waals surface area (Å²) < 4.78 is 19.9. The summed E-state index contributed by atoms with van der Waals surface area (Å²) in [6, 6.07) is 5.64. The molecule has 1 heterocycles. The zero-order valence-corrected chi connectivity index (χ0v) is 13.5. The molecule has 1 aromatic carbocycles. The summed E-state index contributed by atoms with van der Waals surface area (Å²) in [7, 11) is 3.07. The summed E-state index contributed by atoms with van der Waals surface area (Å²) in [6.45, 7) is -0.241. The number of esters is 1. The topological polar surface area (TPSA) is 64.4 Å². The molecule has 2 atom stereocenters. The van der Waals surface area contributed by atoms with Gasteiger partial charge in [0.2, 0.25) is 5.91 Å². The molecule has 0 bridgehead atoms. The van der Waals surface area contributed by atoms with Gasteiger partial charge in [-0.2, -0.15) is 5.10 Å². The zero-order valence-electron chi connectivity index (χ0n) is 13.5. The molecule has 1 fully saturated rings. The van der Waals surface area contributed by atoms with Crippen LogP contribution in [0.15, 0.2) is 36.7 Å². The Morgan fingerprint density at radius 2 is 2.25 bits per heavy atom. The smallest absolute Gasteiger partial charge is 0.325 e. The van der Waals surface area contributed by atoms with Crippen LogP contribution in [0.4, 0.5) is 10.1 Å². The lowest BCUT2D eigenvalue weighted by molar-refractivity contribution is -0.140. The molecule has 0 aliphatic heterocycles. The predicted octanol–water partition coefficient (Wildman–Crippen LogP) is 1.87. The number of methoxy groups -OCH3 is 1. The summed E-state index contributed by atoms with van der Waals surface area (Å²) in [4.78, 5) is 25.8. The number of nitrogens with zero attached hydrogens (tertiary/aromatic N) is 3. The van der Waals surface area contributed by atoms with Crippen LogP contribution in [0.2, 0.25) is 0 Å². The first-order chi connectivity index (χ1) is 11.5. The van der Waals surface area contributed by atoms with E-state index in [4.69, 9.17) is 0 Å². The highest BCUT2D eigenvalue weighted by Crippen LogP contribution is 2.48. The highest BCUT2D eigenvalue weighted by atomic mass is 19.1. The molecule has 1 amide bonds. The van der Waals surface area contributed by atoms with Crippen molar-refractivity contribution in [1.82, 2.24) is 9.78 Å². The van der Waals surface area contributed by atoms with Crippen molar-refractivity contribution in [3.63, 3.8) is 0 Å². The van der Waals surface area contributed by atoms with Gasteiger partial charge >= 0.3 is 5.97 Å². The average Bonchev–Trinajstić information content (AvgIpc) is 3.26. The Bertz CT molecular complexity index is 774. The maximum Gasteiger partial charge on any atom is 0.325 e. The van der Waals surface area contributed by atoms with Crippen LogP contribution in [0.3, 0.4) is 0 Å². The summed E-state index contributed by atoms with van der Waals surface area (Å²) in [5, 5.41) is 4.12. The monoisotopic (exact) mass is 331 g/mol. The van der Waals surface area contributed by atoms with Gasteiger partial charge in [0.15, 0.2) is 0 Å². The van der Waals surface area contributed by atoms with E-state index in [1.807, 2.05) is 13.2 Å². The number of benzene rings is 1. The van der Waals surface area contributed by atoms with E-state index in [0.29, 0.717) is 12.1 Å². The molecule has 2 aromatic rings. The van der Waals surface area contributed by atoms with Crippen molar-refractivity contribution in [2.45, 2.75) is 12.3 Å². The SMILES string of the molecule is COC(=O)CN(C(=O)[C@@H]1C[C@@H]1c1cnn(C)c1)c1cccc(F)c1. The van der Waals surface area contributed by atoms with Crippen LogP contribution in [0.5, 0.6) is 0 Å². The van der Waals surface area contributed by atoms with Crippen LogP contribution in [-0.2, 0) is 21.4 Å². The van der Waals surface area contributed by atoms with Gasteiger partial charge in [-0.1, -0.05) is 6.07 Å². The van der Waals surface area contributed by atoms with Crippen molar-refractivity contribution >= 4 is 17.6 Å². The largest absolute Gasteiger partial charge is 0.468 e. The van der Waals surface area contributed by atoms with Crippen molar-refractivity contribution in [2.75, 3.05) is 18.6 Å². The Labute approximate surface area is 138 Å². The number of rotatable bonds is 5. The fraction of sp³-hybridized carbons (Fsp3) is 0.353. The summed E-state index contributed by atoms with van der Waals surface area (Å²) >= 11 is 0. The normalized spacial score (nSPS) is 19.0. The second-order valence-electron chi connectivity index (χ2n) is 5.88. The lowest BCUT2D eigenvalue weighted by Crippen LogP contribution is -2.37. The Hall–Kier alpha value is -2.70. The van der Waals surface area contributed by atoms with E-state index in [1.54, 1.807) is 16.9 Å². The molecule has 0 spiro atoms. The Balaban J connectivity index is 1.80. The van der Waals surface area contributed by atoms with Gasteiger partial charge in [0.05, 0.1) is 13.3 Å². The van der Waals surface area contributed by atoms with E-state index in [1.165, 1.54) is 30.2 Å². The van der Waals surface area contributed by atoms with Crippen molar-refractivity contribution in [3.8, 4) is 0 Å². The first-order valence-corrected chi connectivity index (χ1v) is 7.62. The van der Waals surface area contributed by atoms with Gasteiger partial charge in [0, 0.05) is 24.8 Å². The molecule has 1 aliphatic rings. The third-order valence-electron chi connectivity index (χ3n) is 4.16. The zero-order chi connectivity index (χ0) is 17.3. The Morgan fingerprint density at radius 1 is 1.46 bits per heavy atom. The molecule has 0 radical (unpaired) electrons. The second-order valence-corrected chi connectivity index (χ2v) is 5.88. The average molecular weight is 331 g/mol. The van der Waals surface area contributed by atoms with E-state index in [-0.39, 0.29) is 24.3 Å². The summed E-state index contributed by atoms with van der Waals surface area (Å²) in [5.41, 5.74) is 1.34. The van der Waals surface area contributed by atoms with Gasteiger partial charge in [-0.15, -0.1) is 0 Å². The number of amides is 1. The number of aromatic nitrogens is 2. The third-order valence-corrected chi connectivity index (χ3v) is 4.16. The number of carbonyl (C=O) groups excluding carboxylic acids is 2. The van der Waals surface area contributed by atoms with E-state index < -0.39 is 11.8 Å². The molecule has 0 N–H and O–H groups in total. The number of ether oxygens (including phenoxy) is 1. The molecule has 1 saturated carbocycles. The molecule has 3 rings (SSSR count). The molecule has 6 nitrogen and oxygen atoms in total. The fourth-order valence-corrected chi connectivity index (χ4v) is 2.80. The van der Waals surface area contributed by atoms with Gasteiger partial charge in [-0.3, -0.25) is 14.3 Å². The van der Waals surface area contributed by atoms with Crippen molar-refractivity contribution in [2.24, 2.45) is 13.0 Å². The number of anilines is 1. The van der Waals surface area contributed by atoms with Crippen molar-refractivity contribution in [3.05, 3.63) is 48.0 Å². The third kappa shape index (κ3) is 3.29. The standard InChI is InChI=1S/C17H18FN3O3/c1-20-9-11(8-19-20)14-7-15(14)17(23)21(10-16(22)24-2)13-5-3-4-12(18)6-13/h3-6,8-9,14-15H,7,10H2,1-2H3/t14-,15-/m1/s1. The van der Waals surface area contributed by atoms with E-state index in [0.717, 1.165) is 5.56 Å².